The first-order valence-electron chi connectivity index (χ1n) is 7.01. The monoisotopic (exact) mass is 295 g/mol. The number of hydrogen-bond acceptors (Lipinski definition) is 4. The third-order valence-corrected chi connectivity index (χ3v) is 4.64. The van der Waals surface area contributed by atoms with Gasteiger partial charge in [0.1, 0.15) is 11.0 Å². The molecule has 1 aliphatic heterocycles. The lowest BCUT2D eigenvalue weighted by molar-refractivity contribution is -0.136. The van der Waals surface area contributed by atoms with E-state index in [0.717, 1.165) is 11.4 Å². The van der Waals surface area contributed by atoms with E-state index in [1.807, 2.05) is 26.2 Å². The average Bonchev–Trinajstić information content (AvgIpc) is 2.89. The van der Waals surface area contributed by atoms with Crippen LogP contribution in [0, 0.1) is 5.92 Å². The molecule has 0 spiro atoms. The van der Waals surface area contributed by atoms with Gasteiger partial charge >= 0.3 is 0 Å². The van der Waals surface area contributed by atoms with E-state index >= 15 is 0 Å². The van der Waals surface area contributed by atoms with Crippen molar-refractivity contribution in [1.29, 1.82) is 0 Å². The highest BCUT2D eigenvalue weighted by Gasteiger charge is 2.36. The van der Waals surface area contributed by atoms with E-state index in [-0.39, 0.29) is 23.8 Å². The molecule has 110 valence electrons. The van der Waals surface area contributed by atoms with Crippen LogP contribution in [-0.2, 0) is 16.1 Å². The van der Waals surface area contributed by atoms with Crippen molar-refractivity contribution in [3.05, 3.63) is 16.6 Å². The van der Waals surface area contributed by atoms with Crippen LogP contribution in [-0.4, -0.2) is 33.8 Å². The highest BCUT2D eigenvalue weighted by atomic mass is 32.1. The van der Waals surface area contributed by atoms with Crippen LogP contribution in [0.15, 0.2) is 11.6 Å². The van der Waals surface area contributed by atoms with Crippen molar-refractivity contribution in [1.82, 2.24) is 15.2 Å². The van der Waals surface area contributed by atoms with Crippen molar-refractivity contribution in [3.8, 4) is 0 Å². The Morgan fingerprint density at radius 1 is 1.55 bits per heavy atom. The Hall–Kier alpha value is -1.43. The Morgan fingerprint density at radius 2 is 2.30 bits per heavy atom. The molecule has 0 radical (unpaired) electrons. The molecule has 2 rings (SSSR count). The average molecular weight is 295 g/mol. The fraction of sp³-hybridized carbons (Fsp3) is 0.643. The zero-order chi connectivity index (χ0) is 14.7. The number of carbonyl (C=O) groups is 2. The minimum atomic E-state index is -0.419. The number of hydrogen-bond donors (Lipinski definition) is 1. The maximum absolute atomic E-state index is 12.7. The van der Waals surface area contributed by atoms with Crippen LogP contribution in [0.5, 0.6) is 0 Å². The number of amides is 2. The molecule has 1 aromatic rings. The van der Waals surface area contributed by atoms with Crippen LogP contribution in [0.2, 0.25) is 0 Å². The summed E-state index contributed by atoms with van der Waals surface area (Å²) < 4.78 is 0. The molecular weight excluding hydrogens is 274 g/mol. The quantitative estimate of drug-likeness (QED) is 0.921. The smallest absolute Gasteiger partial charge is 0.246 e. The van der Waals surface area contributed by atoms with Gasteiger partial charge in [-0.3, -0.25) is 9.59 Å². The Kier molecular flexibility index (Phi) is 4.75. The number of rotatable bonds is 4. The third-order valence-electron chi connectivity index (χ3n) is 3.88. The number of thiazole rings is 1. The maximum atomic E-state index is 12.7. The van der Waals surface area contributed by atoms with Crippen LogP contribution in [0.1, 0.15) is 38.6 Å². The molecule has 20 heavy (non-hydrogen) atoms. The summed E-state index contributed by atoms with van der Waals surface area (Å²) in [4.78, 5) is 30.7. The summed E-state index contributed by atoms with van der Waals surface area (Å²) in [6, 6.07) is -0.516. The van der Waals surface area contributed by atoms with E-state index in [1.54, 1.807) is 11.1 Å². The van der Waals surface area contributed by atoms with Gasteiger partial charge in [0.2, 0.25) is 11.8 Å². The summed E-state index contributed by atoms with van der Waals surface area (Å²) >= 11 is 1.53. The molecule has 2 amide bonds. The van der Waals surface area contributed by atoms with Crippen LogP contribution < -0.4 is 5.32 Å². The van der Waals surface area contributed by atoms with Gasteiger partial charge in [0, 0.05) is 24.0 Å². The highest BCUT2D eigenvalue weighted by Crippen LogP contribution is 2.20. The Labute approximate surface area is 123 Å². The SMILES string of the molecule is CCC(C)C1NC(=O)CC(C)N(Cc2nccs2)C1=O. The lowest BCUT2D eigenvalue weighted by atomic mass is 9.98. The first kappa shape index (κ1) is 15.0. The van der Waals surface area contributed by atoms with E-state index in [1.165, 1.54) is 11.3 Å². The van der Waals surface area contributed by atoms with Gasteiger partial charge in [-0.15, -0.1) is 11.3 Å². The highest BCUT2D eigenvalue weighted by molar-refractivity contribution is 7.09. The van der Waals surface area contributed by atoms with Gasteiger partial charge in [0.15, 0.2) is 0 Å². The van der Waals surface area contributed by atoms with E-state index in [9.17, 15) is 9.59 Å². The molecule has 1 fully saturated rings. The number of nitrogens with one attached hydrogen (secondary N) is 1. The standard InChI is InChI=1S/C14H21N3O2S/c1-4-9(2)13-14(19)17(8-12-15-5-6-20-12)10(3)7-11(18)16-13/h5-6,9-10,13H,4,7-8H2,1-3H3,(H,16,18). The molecule has 3 unspecified atom stereocenters. The van der Waals surface area contributed by atoms with E-state index in [0.29, 0.717) is 13.0 Å². The van der Waals surface area contributed by atoms with Crippen molar-refractivity contribution >= 4 is 23.2 Å². The lowest BCUT2D eigenvalue weighted by Gasteiger charge is -2.29. The maximum Gasteiger partial charge on any atom is 0.246 e. The molecule has 3 atom stereocenters. The predicted octanol–water partition coefficient (Wildman–Crippen LogP) is 1.79. The normalized spacial score (nSPS) is 25.2. The van der Waals surface area contributed by atoms with E-state index < -0.39 is 6.04 Å². The van der Waals surface area contributed by atoms with Crippen LogP contribution >= 0.6 is 11.3 Å². The van der Waals surface area contributed by atoms with Crippen LogP contribution in [0.25, 0.3) is 0 Å². The zero-order valence-corrected chi connectivity index (χ0v) is 12.9. The van der Waals surface area contributed by atoms with Gasteiger partial charge < -0.3 is 10.2 Å². The van der Waals surface area contributed by atoms with Crippen molar-refractivity contribution in [2.45, 2.75) is 52.2 Å². The van der Waals surface area contributed by atoms with E-state index in [4.69, 9.17) is 0 Å². The van der Waals surface area contributed by atoms with Crippen LogP contribution in [0.3, 0.4) is 0 Å². The first-order chi connectivity index (χ1) is 9.52. The van der Waals surface area contributed by atoms with Crippen molar-refractivity contribution < 1.29 is 9.59 Å². The Morgan fingerprint density at radius 3 is 2.90 bits per heavy atom. The predicted molar refractivity (Wildman–Crippen MR) is 78.1 cm³/mol. The summed E-state index contributed by atoms with van der Waals surface area (Å²) in [6.07, 6.45) is 2.95. The minimum absolute atomic E-state index is 0.00731. The molecule has 1 saturated heterocycles. The number of carbonyl (C=O) groups excluding carboxylic acids is 2. The van der Waals surface area contributed by atoms with Crippen molar-refractivity contribution in [3.63, 3.8) is 0 Å². The Bertz CT molecular complexity index is 475. The van der Waals surface area contributed by atoms with E-state index in [2.05, 4.69) is 10.3 Å². The third kappa shape index (κ3) is 3.17. The first-order valence-corrected chi connectivity index (χ1v) is 7.89. The molecule has 0 aliphatic carbocycles. The van der Waals surface area contributed by atoms with Crippen molar-refractivity contribution in [2.75, 3.05) is 0 Å². The molecule has 1 N–H and O–H groups in total. The molecule has 5 nitrogen and oxygen atoms in total. The molecule has 2 heterocycles. The summed E-state index contributed by atoms with van der Waals surface area (Å²) in [5, 5.41) is 5.68. The summed E-state index contributed by atoms with van der Waals surface area (Å²) in [5.41, 5.74) is 0. The molecule has 1 aromatic heterocycles. The van der Waals surface area contributed by atoms with Gasteiger partial charge in [0.05, 0.1) is 6.54 Å². The van der Waals surface area contributed by atoms with Gasteiger partial charge in [0.25, 0.3) is 0 Å². The molecular formula is C14H21N3O2S. The second-order valence-electron chi connectivity index (χ2n) is 5.38. The Balaban J connectivity index is 2.22. The summed E-state index contributed by atoms with van der Waals surface area (Å²) in [6.45, 7) is 6.44. The molecule has 0 aromatic carbocycles. The summed E-state index contributed by atoms with van der Waals surface area (Å²) in [7, 11) is 0. The van der Waals surface area contributed by atoms with Gasteiger partial charge in [-0.25, -0.2) is 4.98 Å². The van der Waals surface area contributed by atoms with Crippen LogP contribution in [0.4, 0.5) is 0 Å². The van der Waals surface area contributed by atoms with Gasteiger partial charge in [-0.1, -0.05) is 20.3 Å². The second-order valence-corrected chi connectivity index (χ2v) is 6.35. The zero-order valence-electron chi connectivity index (χ0n) is 12.1. The fourth-order valence-electron chi connectivity index (χ4n) is 2.40. The number of aromatic nitrogens is 1. The second kappa shape index (κ2) is 6.35. The van der Waals surface area contributed by atoms with Gasteiger partial charge in [-0.2, -0.15) is 0 Å². The fourth-order valence-corrected chi connectivity index (χ4v) is 3.01. The molecule has 0 saturated carbocycles. The lowest BCUT2D eigenvalue weighted by Crippen LogP contribution is -2.49. The molecule has 6 heteroatoms. The molecule has 0 bridgehead atoms. The minimum Gasteiger partial charge on any atom is -0.344 e. The van der Waals surface area contributed by atoms with Crippen molar-refractivity contribution in [2.24, 2.45) is 5.92 Å². The number of nitrogens with zero attached hydrogens (tertiary/aromatic N) is 2. The largest absolute Gasteiger partial charge is 0.344 e. The van der Waals surface area contributed by atoms with Gasteiger partial charge in [-0.05, 0) is 12.8 Å². The topological polar surface area (TPSA) is 62.3 Å². The molecule has 1 aliphatic rings. The summed E-state index contributed by atoms with van der Waals surface area (Å²) in [5.74, 6) is 0.0984.